The van der Waals surface area contributed by atoms with Crippen LogP contribution in [0.4, 0.5) is 4.39 Å². The summed E-state index contributed by atoms with van der Waals surface area (Å²) in [4.78, 5) is 0. The lowest BCUT2D eigenvalue weighted by Crippen LogP contribution is -2.13. The minimum Gasteiger partial charge on any atom is -0.494 e. The minimum absolute atomic E-state index is 0.217. The third-order valence-corrected chi connectivity index (χ3v) is 2.97. The van der Waals surface area contributed by atoms with E-state index >= 15 is 0 Å². The van der Waals surface area contributed by atoms with E-state index in [9.17, 15) is 4.39 Å². The van der Waals surface area contributed by atoms with Crippen molar-refractivity contribution in [2.45, 2.75) is 19.4 Å². The Bertz CT molecular complexity index is 536. The fourth-order valence-corrected chi connectivity index (χ4v) is 1.97. The number of aryl methyl sites for hydroxylation is 1. The van der Waals surface area contributed by atoms with E-state index in [1.807, 2.05) is 13.0 Å². The van der Waals surface area contributed by atoms with E-state index in [1.54, 1.807) is 18.4 Å². The lowest BCUT2D eigenvalue weighted by Gasteiger charge is -2.13. The lowest BCUT2D eigenvalue weighted by atomic mass is 9.99. The summed E-state index contributed by atoms with van der Waals surface area (Å²) in [5.41, 5.74) is 7.72. The highest BCUT2D eigenvalue weighted by Gasteiger charge is 2.16. The molecule has 96 valence electrons. The number of hydrogen-bond donors (Lipinski definition) is 1. The van der Waals surface area contributed by atoms with Crippen LogP contribution < -0.4 is 10.5 Å². The van der Waals surface area contributed by atoms with Crippen molar-refractivity contribution in [2.24, 2.45) is 5.73 Å². The molecule has 0 aliphatic carbocycles. The molecule has 2 aromatic rings. The monoisotopic (exact) mass is 249 g/mol. The first-order valence-corrected chi connectivity index (χ1v) is 5.82. The molecule has 3 nitrogen and oxygen atoms in total. The quantitative estimate of drug-likeness (QED) is 0.906. The summed E-state index contributed by atoms with van der Waals surface area (Å²) in [5.74, 6) is 0.638. The second-order valence-electron chi connectivity index (χ2n) is 4.02. The molecule has 0 aliphatic rings. The van der Waals surface area contributed by atoms with E-state index in [-0.39, 0.29) is 11.8 Å². The summed E-state index contributed by atoms with van der Waals surface area (Å²) >= 11 is 0. The number of halogens is 1. The molecule has 18 heavy (non-hydrogen) atoms. The number of benzene rings is 1. The fourth-order valence-electron chi connectivity index (χ4n) is 1.97. The van der Waals surface area contributed by atoms with Gasteiger partial charge >= 0.3 is 0 Å². The zero-order chi connectivity index (χ0) is 13.1. The second kappa shape index (κ2) is 5.23. The second-order valence-corrected chi connectivity index (χ2v) is 4.02. The van der Waals surface area contributed by atoms with Crippen molar-refractivity contribution in [1.29, 1.82) is 0 Å². The van der Waals surface area contributed by atoms with Crippen LogP contribution in [0.2, 0.25) is 0 Å². The molecule has 0 bridgehead atoms. The van der Waals surface area contributed by atoms with Gasteiger partial charge in [0.05, 0.1) is 19.4 Å². The summed E-state index contributed by atoms with van der Waals surface area (Å²) in [6.45, 7) is 1.99. The zero-order valence-electron chi connectivity index (χ0n) is 10.4. The lowest BCUT2D eigenvalue weighted by molar-refractivity contribution is 0.386. The van der Waals surface area contributed by atoms with Gasteiger partial charge in [-0.15, -0.1) is 0 Å². The van der Waals surface area contributed by atoms with Gasteiger partial charge in [-0.1, -0.05) is 13.0 Å². The average molecular weight is 249 g/mol. The van der Waals surface area contributed by atoms with Crippen LogP contribution in [-0.2, 0) is 6.42 Å². The van der Waals surface area contributed by atoms with Crippen LogP contribution in [0.5, 0.6) is 5.75 Å². The van der Waals surface area contributed by atoms with Gasteiger partial charge in [-0.05, 0) is 23.8 Å². The highest BCUT2D eigenvalue weighted by molar-refractivity contribution is 5.37. The number of hydrogen-bond acceptors (Lipinski definition) is 3. The van der Waals surface area contributed by atoms with E-state index < -0.39 is 5.82 Å². The Hall–Kier alpha value is -1.81. The van der Waals surface area contributed by atoms with E-state index in [4.69, 9.17) is 14.9 Å². The standard InChI is InChI=1S/C14H16FNO2/c1-3-12-10(6-7-18-12)14(16)9-4-5-13(17-2)11(15)8-9/h4-8,14H,3,16H2,1-2H3. The van der Waals surface area contributed by atoms with Crippen molar-refractivity contribution >= 4 is 0 Å². The number of furan rings is 1. The van der Waals surface area contributed by atoms with Gasteiger partial charge in [0.25, 0.3) is 0 Å². The molecule has 0 fully saturated rings. The first kappa shape index (κ1) is 12.6. The predicted octanol–water partition coefficient (Wildman–Crippen LogP) is 3.04. The Morgan fingerprint density at radius 3 is 2.78 bits per heavy atom. The normalized spacial score (nSPS) is 12.4. The number of rotatable bonds is 4. The van der Waals surface area contributed by atoms with E-state index in [0.29, 0.717) is 5.56 Å². The van der Waals surface area contributed by atoms with Crippen molar-refractivity contribution in [3.63, 3.8) is 0 Å². The Kier molecular flexibility index (Phi) is 3.67. The Morgan fingerprint density at radius 1 is 1.39 bits per heavy atom. The Morgan fingerprint density at radius 2 is 2.17 bits per heavy atom. The van der Waals surface area contributed by atoms with Crippen LogP contribution >= 0.6 is 0 Å². The van der Waals surface area contributed by atoms with Crippen LogP contribution in [0.15, 0.2) is 34.9 Å². The molecule has 0 spiro atoms. The highest BCUT2D eigenvalue weighted by Crippen LogP contribution is 2.27. The summed E-state index contributed by atoms with van der Waals surface area (Å²) in [6.07, 6.45) is 2.36. The summed E-state index contributed by atoms with van der Waals surface area (Å²) in [7, 11) is 1.43. The molecule has 0 radical (unpaired) electrons. The molecular formula is C14H16FNO2. The maximum atomic E-state index is 13.6. The van der Waals surface area contributed by atoms with Gasteiger partial charge in [-0.3, -0.25) is 0 Å². The molecule has 1 heterocycles. The molecule has 4 heteroatoms. The minimum atomic E-state index is -0.410. The largest absolute Gasteiger partial charge is 0.494 e. The van der Waals surface area contributed by atoms with Crippen LogP contribution in [0, 0.1) is 5.82 Å². The number of nitrogens with two attached hydrogens (primary N) is 1. The highest BCUT2D eigenvalue weighted by atomic mass is 19.1. The Balaban J connectivity index is 2.34. The van der Waals surface area contributed by atoms with Crippen molar-refractivity contribution in [3.8, 4) is 5.75 Å². The summed E-state index contributed by atoms with van der Waals surface area (Å²) in [6, 6.07) is 6.18. The molecular weight excluding hydrogens is 233 g/mol. The van der Waals surface area contributed by atoms with Crippen LogP contribution in [-0.4, -0.2) is 7.11 Å². The van der Waals surface area contributed by atoms with Gasteiger partial charge in [0.15, 0.2) is 11.6 Å². The smallest absolute Gasteiger partial charge is 0.165 e. The van der Waals surface area contributed by atoms with Gasteiger partial charge in [-0.25, -0.2) is 4.39 Å². The third kappa shape index (κ3) is 2.24. The van der Waals surface area contributed by atoms with Crippen molar-refractivity contribution in [2.75, 3.05) is 7.11 Å². The van der Waals surface area contributed by atoms with Crippen molar-refractivity contribution in [3.05, 3.63) is 53.2 Å². The molecule has 0 saturated heterocycles. The molecule has 1 unspecified atom stereocenters. The first-order valence-electron chi connectivity index (χ1n) is 5.82. The first-order chi connectivity index (χ1) is 8.67. The SMILES string of the molecule is CCc1occc1C(N)c1ccc(OC)c(F)c1. The average Bonchev–Trinajstić information content (AvgIpc) is 2.86. The fraction of sp³-hybridized carbons (Fsp3) is 0.286. The van der Waals surface area contributed by atoms with Gasteiger partial charge in [-0.2, -0.15) is 0 Å². The maximum absolute atomic E-state index is 13.6. The van der Waals surface area contributed by atoms with Gasteiger partial charge in [0, 0.05) is 12.0 Å². The predicted molar refractivity (Wildman–Crippen MR) is 67.1 cm³/mol. The molecule has 0 amide bonds. The van der Waals surface area contributed by atoms with Crippen molar-refractivity contribution in [1.82, 2.24) is 0 Å². The summed E-state index contributed by atoms with van der Waals surface area (Å²) < 4.78 is 23.8. The molecule has 2 N–H and O–H groups in total. The van der Waals surface area contributed by atoms with Crippen LogP contribution in [0.3, 0.4) is 0 Å². The third-order valence-electron chi connectivity index (χ3n) is 2.97. The van der Waals surface area contributed by atoms with Gasteiger partial charge in [0.2, 0.25) is 0 Å². The van der Waals surface area contributed by atoms with E-state index in [2.05, 4.69) is 0 Å². The Labute approximate surface area is 105 Å². The van der Waals surface area contributed by atoms with E-state index in [0.717, 1.165) is 17.7 Å². The molecule has 0 saturated carbocycles. The molecule has 2 rings (SSSR count). The van der Waals surface area contributed by atoms with Crippen molar-refractivity contribution < 1.29 is 13.5 Å². The van der Waals surface area contributed by atoms with Gasteiger partial charge < -0.3 is 14.9 Å². The number of ether oxygens (including phenoxy) is 1. The van der Waals surface area contributed by atoms with Crippen LogP contribution in [0.25, 0.3) is 0 Å². The molecule has 1 aromatic carbocycles. The van der Waals surface area contributed by atoms with Gasteiger partial charge in [0.1, 0.15) is 5.76 Å². The summed E-state index contributed by atoms with van der Waals surface area (Å²) in [5, 5.41) is 0. The molecule has 0 aliphatic heterocycles. The molecule has 1 atom stereocenters. The topological polar surface area (TPSA) is 48.4 Å². The van der Waals surface area contributed by atoms with E-state index in [1.165, 1.54) is 13.2 Å². The zero-order valence-corrected chi connectivity index (χ0v) is 10.4. The van der Waals surface area contributed by atoms with Crippen LogP contribution in [0.1, 0.15) is 29.9 Å². The maximum Gasteiger partial charge on any atom is 0.165 e. The molecule has 1 aromatic heterocycles. The number of methoxy groups -OCH3 is 1.